The number of nitrogens with zero attached hydrogens (tertiary/aromatic N) is 4. The quantitative estimate of drug-likeness (QED) is 0.213. The molecule has 28 heavy (non-hydrogen) atoms. The van der Waals surface area contributed by atoms with Crippen molar-refractivity contribution >= 4 is 29.9 Å². The van der Waals surface area contributed by atoms with Crippen molar-refractivity contribution in [2.45, 2.75) is 58.4 Å². The summed E-state index contributed by atoms with van der Waals surface area (Å²) in [4.78, 5) is 4.92. The Labute approximate surface area is 186 Å². The van der Waals surface area contributed by atoms with E-state index in [1.54, 1.807) is 12.7 Å². The number of hydrogen-bond donors (Lipinski definition) is 2. The first kappa shape index (κ1) is 24.4. The second-order valence-electron chi connectivity index (χ2n) is 6.88. The van der Waals surface area contributed by atoms with Crippen molar-refractivity contribution in [3.63, 3.8) is 0 Å². The third kappa shape index (κ3) is 7.41. The van der Waals surface area contributed by atoms with E-state index in [-0.39, 0.29) is 29.4 Å². The third-order valence-corrected chi connectivity index (χ3v) is 5.23. The normalized spacial score (nSPS) is 11.8. The van der Waals surface area contributed by atoms with Crippen LogP contribution in [-0.4, -0.2) is 40.4 Å². The maximum atomic E-state index is 4.92. The van der Waals surface area contributed by atoms with E-state index in [0.29, 0.717) is 0 Å². The van der Waals surface area contributed by atoms with Crippen LogP contribution in [0.5, 0.6) is 0 Å². The highest BCUT2D eigenvalue weighted by atomic mass is 127. The molecule has 2 N–H and O–H groups in total. The van der Waals surface area contributed by atoms with E-state index in [1.165, 1.54) is 5.56 Å². The van der Waals surface area contributed by atoms with E-state index in [0.717, 1.165) is 57.8 Å². The highest BCUT2D eigenvalue weighted by Crippen LogP contribution is 2.31. The minimum atomic E-state index is 0. The molecule has 0 aliphatic carbocycles. The molecule has 0 saturated carbocycles. The number of rotatable bonds is 11. The van der Waals surface area contributed by atoms with Crippen LogP contribution in [0.4, 0.5) is 0 Å². The lowest BCUT2D eigenvalue weighted by molar-refractivity contribution is 0.406. The predicted molar refractivity (Wildman–Crippen MR) is 127 cm³/mol. The molecular weight excluding hydrogens is 463 g/mol. The van der Waals surface area contributed by atoms with Gasteiger partial charge in [-0.25, -0.2) is 0 Å². The fourth-order valence-corrected chi connectivity index (χ4v) is 3.30. The zero-order chi connectivity index (χ0) is 19.4. The SMILES string of the molecule is CCNC(=NCC(CC)(CC)c1ccccc1)NCCCCn1cnnc1.I. The predicted octanol–water partition coefficient (Wildman–Crippen LogP) is 3.99. The van der Waals surface area contributed by atoms with E-state index < -0.39 is 0 Å². The summed E-state index contributed by atoms with van der Waals surface area (Å²) in [6.07, 6.45) is 7.84. The maximum absolute atomic E-state index is 4.92. The summed E-state index contributed by atoms with van der Waals surface area (Å²) in [5, 5.41) is 14.5. The molecule has 1 heterocycles. The number of benzene rings is 1. The fourth-order valence-electron chi connectivity index (χ4n) is 3.30. The van der Waals surface area contributed by atoms with Crippen LogP contribution >= 0.6 is 24.0 Å². The van der Waals surface area contributed by atoms with Crippen LogP contribution in [-0.2, 0) is 12.0 Å². The van der Waals surface area contributed by atoms with E-state index >= 15 is 0 Å². The average Bonchev–Trinajstić information content (AvgIpc) is 3.23. The van der Waals surface area contributed by atoms with Gasteiger partial charge in [-0.15, -0.1) is 34.2 Å². The van der Waals surface area contributed by atoms with E-state index in [9.17, 15) is 0 Å². The molecular formula is C21H35IN6. The summed E-state index contributed by atoms with van der Waals surface area (Å²) in [6.45, 7) is 10.1. The van der Waals surface area contributed by atoms with Crippen LogP contribution in [0.15, 0.2) is 48.0 Å². The summed E-state index contributed by atoms with van der Waals surface area (Å²) in [5.74, 6) is 0.906. The summed E-state index contributed by atoms with van der Waals surface area (Å²) < 4.78 is 2.01. The van der Waals surface area contributed by atoms with Crippen LogP contribution in [0.3, 0.4) is 0 Å². The molecule has 0 spiro atoms. The second-order valence-corrected chi connectivity index (χ2v) is 6.88. The van der Waals surface area contributed by atoms with Crippen molar-refractivity contribution in [3.05, 3.63) is 48.5 Å². The van der Waals surface area contributed by atoms with Crippen LogP contribution in [0.1, 0.15) is 52.0 Å². The lowest BCUT2D eigenvalue weighted by Crippen LogP contribution is -2.39. The van der Waals surface area contributed by atoms with Gasteiger partial charge in [-0.1, -0.05) is 44.2 Å². The number of hydrogen-bond acceptors (Lipinski definition) is 3. The average molecular weight is 498 g/mol. The first-order valence-electron chi connectivity index (χ1n) is 10.1. The molecule has 156 valence electrons. The summed E-state index contributed by atoms with van der Waals surface area (Å²) >= 11 is 0. The molecule has 0 unspecified atom stereocenters. The maximum Gasteiger partial charge on any atom is 0.191 e. The Bertz CT molecular complexity index is 653. The molecule has 0 radical (unpaired) electrons. The van der Waals surface area contributed by atoms with Crippen molar-refractivity contribution in [1.29, 1.82) is 0 Å². The smallest absolute Gasteiger partial charge is 0.191 e. The Morgan fingerprint density at radius 1 is 1.00 bits per heavy atom. The molecule has 0 aliphatic heterocycles. The minimum Gasteiger partial charge on any atom is -0.357 e. The monoisotopic (exact) mass is 498 g/mol. The van der Waals surface area contributed by atoms with E-state index in [4.69, 9.17) is 4.99 Å². The standard InChI is InChI=1S/C21H34N6.HI/c1-4-21(5-2,19-12-8-7-9-13-19)16-24-20(22-6-3)23-14-10-11-15-27-17-25-26-18-27;/h7-9,12-13,17-18H,4-6,10-11,14-16H2,1-3H3,(H2,22,23,24);1H. The molecule has 0 saturated heterocycles. The van der Waals surface area contributed by atoms with Crippen LogP contribution in [0.2, 0.25) is 0 Å². The van der Waals surface area contributed by atoms with Crippen molar-refractivity contribution in [3.8, 4) is 0 Å². The second kappa shape index (κ2) is 13.5. The van der Waals surface area contributed by atoms with Gasteiger partial charge < -0.3 is 15.2 Å². The zero-order valence-corrected chi connectivity index (χ0v) is 19.7. The number of aryl methyl sites for hydroxylation is 1. The van der Waals surface area contributed by atoms with E-state index in [2.05, 4.69) is 71.9 Å². The largest absolute Gasteiger partial charge is 0.357 e. The Kier molecular flexibility index (Phi) is 11.8. The number of aliphatic imine (C=N–C) groups is 1. The van der Waals surface area contributed by atoms with Gasteiger partial charge in [-0.2, -0.15) is 0 Å². The van der Waals surface area contributed by atoms with Gasteiger partial charge in [0.05, 0.1) is 6.54 Å². The molecule has 0 atom stereocenters. The van der Waals surface area contributed by atoms with Crippen LogP contribution < -0.4 is 10.6 Å². The molecule has 1 aromatic heterocycles. The lowest BCUT2D eigenvalue weighted by Gasteiger charge is -2.31. The number of halogens is 1. The zero-order valence-electron chi connectivity index (χ0n) is 17.4. The summed E-state index contributed by atoms with van der Waals surface area (Å²) in [5.41, 5.74) is 1.47. The molecule has 7 heteroatoms. The topological polar surface area (TPSA) is 67.1 Å². The lowest BCUT2D eigenvalue weighted by atomic mass is 9.76. The van der Waals surface area contributed by atoms with Gasteiger partial charge in [0.2, 0.25) is 0 Å². The molecule has 0 amide bonds. The van der Waals surface area contributed by atoms with Crippen LogP contribution in [0, 0.1) is 0 Å². The van der Waals surface area contributed by atoms with Gasteiger partial charge in [0, 0.05) is 25.0 Å². The number of unbranched alkanes of at least 4 members (excludes halogenated alkanes) is 1. The van der Waals surface area contributed by atoms with E-state index in [1.807, 2.05) is 4.57 Å². The van der Waals surface area contributed by atoms with Crippen molar-refractivity contribution in [2.24, 2.45) is 4.99 Å². The highest BCUT2D eigenvalue weighted by molar-refractivity contribution is 14.0. The summed E-state index contributed by atoms with van der Waals surface area (Å²) in [6, 6.07) is 10.8. The Balaban J connectivity index is 0.00000392. The molecule has 0 aliphatic rings. The Morgan fingerprint density at radius 3 is 2.29 bits per heavy atom. The molecule has 2 aromatic rings. The minimum absolute atomic E-state index is 0. The first-order valence-corrected chi connectivity index (χ1v) is 10.1. The van der Waals surface area contributed by atoms with Gasteiger partial charge in [-0.3, -0.25) is 4.99 Å². The highest BCUT2D eigenvalue weighted by Gasteiger charge is 2.28. The van der Waals surface area contributed by atoms with Gasteiger partial charge >= 0.3 is 0 Å². The molecule has 0 fully saturated rings. The van der Waals surface area contributed by atoms with Crippen molar-refractivity contribution < 1.29 is 0 Å². The fraction of sp³-hybridized carbons (Fsp3) is 0.571. The Morgan fingerprint density at radius 2 is 1.68 bits per heavy atom. The van der Waals surface area contributed by atoms with Gasteiger partial charge in [0.1, 0.15) is 12.7 Å². The van der Waals surface area contributed by atoms with Gasteiger partial charge in [0.25, 0.3) is 0 Å². The van der Waals surface area contributed by atoms with Crippen LogP contribution in [0.25, 0.3) is 0 Å². The van der Waals surface area contributed by atoms with Crippen molar-refractivity contribution in [2.75, 3.05) is 19.6 Å². The van der Waals surface area contributed by atoms with Gasteiger partial charge in [-0.05, 0) is 38.2 Å². The Hall–Kier alpha value is -1.64. The van der Waals surface area contributed by atoms with Crippen molar-refractivity contribution in [1.82, 2.24) is 25.4 Å². The molecule has 2 rings (SSSR count). The molecule has 6 nitrogen and oxygen atoms in total. The number of guanidine groups is 1. The summed E-state index contributed by atoms with van der Waals surface area (Å²) in [7, 11) is 0. The molecule has 0 bridgehead atoms. The third-order valence-electron chi connectivity index (χ3n) is 5.23. The van der Waals surface area contributed by atoms with Gasteiger partial charge in [0.15, 0.2) is 5.96 Å². The number of aromatic nitrogens is 3. The molecule has 1 aromatic carbocycles. The number of nitrogens with one attached hydrogen (secondary N) is 2. The first-order chi connectivity index (χ1) is 13.2.